The third-order valence-corrected chi connectivity index (χ3v) is 5.58. The van der Waals surface area contributed by atoms with E-state index in [1.54, 1.807) is 24.3 Å². The van der Waals surface area contributed by atoms with Gasteiger partial charge >= 0.3 is 5.97 Å². The summed E-state index contributed by atoms with van der Waals surface area (Å²) in [6.45, 7) is 2.03. The fraction of sp³-hybridized carbons (Fsp3) is 0.158. The molecule has 0 aliphatic heterocycles. The molecule has 0 unspecified atom stereocenters. The van der Waals surface area contributed by atoms with Crippen molar-refractivity contribution in [2.45, 2.75) is 11.3 Å². The van der Waals surface area contributed by atoms with Gasteiger partial charge in [-0.1, -0.05) is 46.9 Å². The summed E-state index contributed by atoms with van der Waals surface area (Å²) in [6.07, 6.45) is 0. The smallest absolute Gasteiger partial charge is 0.337 e. The highest BCUT2D eigenvalue weighted by molar-refractivity contribution is 8.01. The fourth-order valence-corrected chi connectivity index (χ4v) is 3.82. The van der Waals surface area contributed by atoms with Crippen LogP contribution < -0.4 is 10.6 Å². The number of thioether (sulfide) groups is 1. The van der Waals surface area contributed by atoms with Gasteiger partial charge in [0.15, 0.2) is 4.34 Å². The topological polar surface area (TPSA) is 93.2 Å². The molecule has 1 aromatic heterocycles. The predicted molar refractivity (Wildman–Crippen MR) is 112 cm³/mol. The number of anilines is 3. The number of ether oxygens (including phenoxy) is 1. The third kappa shape index (κ3) is 5.54. The quantitative estimate of drug-likeness (QED) is 0.444. The van der Waals surface area contributed by atoms with Gasteiger partial charge in [0, 0.05) is 11.4 Å². The first-order chi connectivity index (χ1) is 13.5. The Bertz CT molecular complexity index is 973. The lowest BCUT2D eigenvalue weighted by atomic mass is 10.2. The summed E-state index contributed by atoms with van der Waals surface area (Å²) in [5.41, 5.74) is 3.03. The van der Waals surface area contributed by atoms with Crippen LogP contribution in [0.5, 0.6) is 0 Å². The summed E-state index contributed by atoms with van der Waals surface area (Å²) < 4.78 is 5.36. The molecule has 2 N–H and O–H groups in total. The minimum absolute atomic E-state index is 0.182. The molecule has 0 spiro atoms. The summed E-state index contributed by atoms with van der Waals surface area (Å²) in [7, 11) is 1.31. The Kier molecular flexibility index (Phi) is 6.62. The van der Waals surface area contributed by atoms with Crippen molar-refractivity contribution in [1.82, 2.24) is 10.2 Å². The number of hydrogen-bond acceptors (Lipinski definition) is 8. The Labute approximate surface area is 170 Å². The van der Waals surface area contributed by atoms with E-state index in [0.717, 1.165) is 5.69 Å². The van der Waals surface area contributed by atoms with Gasteiger partial charge < -0.3 is 15.4 Å². The van der Waals surface area contributed by atoms with Crippen molar-refractivity contribution >= 4 is 51.5 Å². The summed E-state index contributed by atoms with van der Waals surface area (Å²) in [6, 6.07) is 14.6. The van der Waals surface area contributed by atoms with E-state index >= 15 is 0 Å². The van der Waals surface area contributed by atoms with Crippen LogP contribution in [-0.2, 0) is 9.53 Å². The molecule has 144 valence electrons. The van der Waals surface area contributed by atoms with Gasteiger partial charge in [0.25, 0.3) is 0 Å². The molecule has 0 fully saturated rings. The highest BCUT2D eigenvalue weighted by Crippen LogP contribution is 2.27. The van der Waals surface area contributed by atoms with Crippen LogP contribution in [0.15, 0.2) is 52.9 Å². The minimum Gasteiger partial charge on any atom is -0.465 e. The average molecular weight is 415 g/mol. The van der Waals surface area contributed by atoms with Gasteiger partial charge in [-0.25, -0.2) is 4.79 Å². The highest BCUT2D eigenvalue weighted by Gasteiger charge is 2.10. The highest BCUT2D eigenvalue weighted by atomic mass is 32.2. The Morgan fingerprint density at radius 1 is 1.11 bits per heavy atom. The van der Waals surface area contributed by atoms with Crippen LogP contribution in [0.3, 0.4) is 0 Å². The maximum absolute atomic E-state index is 12.2. The molecule has 0 saturated carbocycles. The molecule has 9 heteroatoms. The molecule has 3 rings (SSSR count). The van der Waals surface area contributed by atoms with Gasteiger partial charge in [0.2, 0.25) is 11.0 Å². The van der Waals surface area contributed by atoms with Crippen molar-refractivity contribution in [3.05, 3.63) is 59.7 Å². The molecule has 0 radical (unpaired) electrons. The molecular formula is C19H18N4O3S2. The monoisotopic (exact) mass is 414 g/mol. The van der Waals surface area contributed by atoms with Gasteiger partial charge in [-0.15, -0.1) is 10.2 Å². The Morgan fingerprint density at radius 3 is 2.64 bits per heavy atom. The van der Waals surface area contributed by atoms with Gasteiger partial charge in [0.1, 0.15) is 0 Å². The second-order valence-corrected chi connectivity index (χ2v) is 7.97. The van der Waals surface area contributed by atoms with E-state index in [-0.39, 0.29) is 11.7 Å². The van der Waals surface area contributed by atoms with E-state index in [4.69, 9.17) is 0 Å². The number of nitrogens with one attached hydrogen (secondary N) is 2. The number of aryl methyl sites for hydroxylation is 1. The van der Waals surface area contributed by atoms with Crippen molar-refractivity contribution in [2.75, 3.05) is 23.5 Å². The van der Waals surface area contributed by atoms with Crippen LogP contribution in [-0.4, -0.2) is 34.9 Å². The van der Waals surface area contributed by atoms with E-state index in [0.29, 0.717) is 20.7 Å². The van der Waals surface area contributed by atoms with E-state index < -0.39 is 5.97 Å². The third-order valence-electron chi connectivity index (χ3n) is 3.60. The van der Waals surface area contributed by atoms with Gasteiger partial charge in [-0.05, 0) is 37.3 Å². The first-order valence-corrected chi connectivity index (χ1v) is 10.1. The number of aromatic nitrogens is 2. The zero-order valence-electron chi connectivity index (χ0n) is 15.3. The van der Waals surface area contributed by atoms with Crippen LogP contribution in [0, 0.1) is 6.92 Å². The Balaban J connectivity index is 1.52. The zero-order chi connectivity index (χ0) is 19.9. The number of nitrogens with zero attached hydrogens (tertiary/aromatic N) is 2. The van der Waals surface area contributed by atoms with E-state index in [2.05, 4.69) is 25.6 Å². The predicted octanol–water partition coefficient (Wildman–Crippen LogP) is 4.11. The summed E-state index contributed by atoms with van der Waals surface area (Å²) in [5, 5.41) is 14.8. The van der Waals surface area contributed by atoms with Gasteiger partial charge in [0.05, 0.1) is 18.4 Å². The van der Waals surface area contributed by atoms with Gasteiger partial charge in [-0.2, -0.15) is 0 Å². The molecule has 7 nitrogen and oxygen atoms in total. The molecule has 2 aromatic carbocycles. The van der Waals surface area contributed by atoms with Crippen molar-refractivity contribution in [1.29, 1.82) is 0 Å². The lowest BCUT2D eigenvalue weighted by molar-refractivity contribution is -0.113. The minimum atomic E-state index is -0.451. The fourth-order valence-electron chi connectivity index (χ4n) is 2.25. The van der Waals surface area contributed by atoms with E-state index in [1.807, 2.05) is 31.2 Å². The van der Waals surface area contributed by atoms with Crippen LogP contribution >= 0.6 is 23.1 Å². The molecule has 1 heterocycles. The molecule has 0 bridgehead atoms. The number of rotatable bonds is 7. The van der Waals surface area contributed by atoms with Crippen LogP contribution in [0.4, 0.5) is 16.5 Å². The second kappa shape index (κ2) is 9.34. The number of esters is 1. The molecule has 0 aliphatic carbocycles. The van der Waals surface area contributed by atoms with Crippen molar-refractivity contribution in [2.24, 2.45) is 0 Å². The maximum atomic E-state index is 12.2. The summed E-state index contributed by atoms with van der Waals surface area (Å²) in [4.78, 5) is 23.7. The number of hydrogen-bond donors (Lipinski definition) is 2. The molecule has 0 atom stereocenters. The molecule has 1 amide bonds. The average Bonchev–Trinajstić information content (AvgIpc) is 3.15. The van der Waals surface area contributed by atoms with E-state index in [9.17, 15) is 9.59 Å². The number of carbonyl (C=O) groups is 2. The lowest BCUT2D eigenvalue weighted by Gasteiger charge is -2.06. The Hall–Kier alpha value is -2.91. The normalized spacial score (nSPS) is 10.4. The molecule has 28 heavy (non-hydrogen) atoms. The van der Waals surface area contributed by atoms with Crippen molar-refractivity contribution < 1.29 is 14.3 Å². The summed E-state index contributed by atoms with van der Waals surface area (Å²) >= 11 is 2.68. The maximum Gasteiger partial charge on any atom is 0.337 e. The van der Waals surface area contributed by atoms with Crippen molar-refractivity contribution in [3.8, 4) is 0 Å². The number of methoxy groups -OCH3 is 1. The molecule has 0 aliphatic rings. The van der Waals surface area contributed by atoms with E-state index in [1.165, 1.54) is 35.8 Å². The number of amides is 1. The largest absolute Gasteiger partial charge is 0.465 e. The summed E-state index contributed by atoms with van der Waals surface area (Å²) in [5.74, 6) is -0.468. The first kappa shape index (κ1) is 19.8. The van der Waals surface area contributed by atoms with Crippen molar-refractivity contribution in [3.63, 3.8) is 0 Å². The number of benzene rings is 2. The molecule has 3 aromatic rings. The lowest BCUT2D eigenvalue weighted by Crippen LogP contribution is -2.14. The molecule has 0 saturated heterocycles. The number of carbonyl (C=O) groups excluding carboxylic acids is 2. The van der Waals surface area contributed by atoms with Crippen LogP contribution in [0.25, 0.3) is 0 Å². The van der Waals surface area contributed by atoms with Crippen LogP contribution in [0.2, 0.25) is 0 Å². The first-order valence-electron chi connectivity index (χ1n) is 8.32. The van der Waals surface area contributed by atoms with Gasteiger partial charge in [-0.3, -0.25) is 4.79 Å². The Morgan fingerprint density at radius 2 is 1.89 bits per heavy atom. The SMILES string of the molecule is COC(=O)c1cccc(NC(=O)CSc2nnc(Nc3ccc(C)cc3)s2)c1. The second-order valence-electron chi connectivity index (χ2n) is 5.77. The zero-order valence-corrected chi connectivity index (χ0v) is 16.9. The standard InChI is InChI=1S/C19H18N4O3S2/c1-12-6-8-14(9-7-12)21-18-22-23-19(28-18)27-11-16(24)20-15-5-3-4-13(10-15)17(25)26-2/h3-10H,11H2,1-2H3,(H,20,24)(H,21,22). The van der Waals surface area contributed by atoms with Crippen LogP contribution in [0.1, 0.15) is 15.9 Å². The molecular weight excluding hydrogens is 396 g/mol.